The summed E-state index contributed by atoms with van der Waals surface area (Å²) in [4.78, 5) is 27.9. The number of likely N-dealkylation sites (tertiary alicyclic amines) is 1. The molecule has 0 spiro atoms. The van der Waals surface area contributed by atoms with Gasteiger partial charge in [0.25, 0.3) is 0 Å². The standard InChI is InChI=1S/C27H24BrNO4/c28-21-8-6-20(7-9-21)27(32)11-13-29(14-12-27)25(30)16-18-5-10-24-23(15-18)26(31)22-4-2-1-3-19(22)17-33-24/h1-10,15,32H,11-14,16-17H2. The van der Waals surface area contributed by atoms with Crippen LogP contribution in [0, 0.1) is 0 Å². The number of benzene rings is 3. The number of carbonyl (C=O) groups excluding carboxylic acids is 2. The Morgan fingerprint density at radius 2 is 1.73 bits per heavy atom. The predicted molar refractivity (Wildman–Crippen MR) is 128 cm³/mol. The van der Waals surface area contributed by atoms with Crippen LogP contribution in [0.15, 0.2) is 71.2 Å². The second-order valence-electron chi connectivity index (χ2n) is 8.70. The van der Waals surface area contributed by atoms with Crippen molar-refractivity contribution in [3.8, 4) is 5.75 Å². The number of ether oxygens (including phenoxy) is 1. The van der Waals surface area contributed by atoms with Crippen LogP contribution in [0.25, 0.3) is 0 Å². The third-order valence-electron chi connectivity index (χ3n) is 6.61. The Hall–Kier alpha value is -2.96. The minimum atomic E-state index is -0.918. The van der Waals surface area contributed by atoms with E-state index >= 15 is 0 Å². The lowest BCUT2D eigenvalue weighted by molar-refractivity contribution is -0.135. The molecule has 1 amide bonds. The van der Waals surface area contributed by atoms with Crippen molar-refractivity contribution in [1.29, 1.82) is 0 Å². The van der Waals surface area contributed by atoms with Gasteiger partial charge in [-0.2, -0.15) is 0 Å². The number of piperidine rings is 1. The molecule has 0 unspecified atom stereocenters. The van der Waals surface area contributed by atoms with Crippen molar-refractivity contribution in [2.45, 2.75) is 31.5 Å². The Morgan fingerprint density at radius 3 is 2.48 bits per heavy atom. The Morgan fingerprint density at radius 1 is 1.00 bits per heavy atom. The van der Waals surface area contributed by atoms with Gasteiger partial charge in [-0.25, -0.2) is 0 Å². The highest BCUT2D eigenvalue weighted by atomic mass is 79.9. The normalized spacial score (nSPS) is 16.9. The molecule has 2 aliphatic rings. The summed E-state index contributed by atoms with van der Waals surface area (Å²) in [6.07, 6.45) is 1.19. The van der Waals surface area contributed by atoms with Crippen molar-refractivity contribution in [1.82, 2.24) is 4.90 Å². The average molecular weight is 506 g/mol. The number of rotatable bonds is 3. The highest BCUT2D eigenvalue weighted by molar-refractivity contribution is 9.10. The summed E-state index contributed by atoms with van der Waals surface area (Å²) in [7, 11) is 0. The molecule has 0 atom stereocenters. The third-order valence-corrected chi connectivity index (χ3v) is 7.14. The number of hydrogen-bond donors (Lipinski definition) is 1. The SMILES string of the molecule is O=C1c2ccccc2COc2ccc(CC(=O)N3CCC(O)(c4ccc(Br)cc4)CC3)cc21. The first-order valence-corrected chi connectivity index (χ1v) is 11.9. The summed E-state index contributed by atoms with van der Waals surface area (Å²) >= 11 is 3.42. The Balaban J connectivity index is 1.28. The lowest BCUT2D eigenvalue weighted by Gasteiger charge is -2.38. The van der Waals surface area contributed by atoms with Gasteiger partial charge in [-0.15, -0.1) is 0 Å². The van der Waals surface area contributed by atoms with Crippen LogP contribution < -0.4 is 4.74 Å². The topological polar surface area (TPSA) is 66.8 Å². The summed E-state index contributed by atoms with van der Waals surface area (Å²) in [5.74, 6) is 0.463. The number of carbonyl (C=O) groups is 2. The van der Waals surface area contributed by atoms with Crippen LogP contribution in [0.1, 0.15) is 45.5 Å². The van der Waals surface area contributed by atoms with E-state index < -0.39 is 5.60 Å². The molecule has 1 fully saturated rings. The van der Waals surface area contributed by atoms with Crippen LogP contribution in [0.3, 0.4) is 0 Å². The van der Waals surface area contributed by atoms with Crippen molar-refractivity contribution >= 4 is 27.6 Å². The molecule has 5 nitrogen and oxygen atoms in total. The lowest BCUT2D eigenvalue weighted by atomic mass is 9.84. The number of amides is 1. The predicted octanol–water partition coefficient (Wildman–Crippen LogP) is 4.63. The minimum Gasteiger partial charge on any atom is -0.488 e. The first-order chi connectivity index (χ1) is 15.9. The van der Waals surface area contributed by atoms with Gasteiger partial charge in [0.1, 0.15) is 12.4 Å². The molecule has 1 N–H and O–H groups in total. The van der Waals surface area contributed by atoms with Crippen LogP contribution in [-0.2, 0) is 23.4 Å². The molecule has 0 saturated carbocycles. The largest absolute Gasteiger partial charge is 0.488 e. The molecule has 0 radical (unpaired) electrons. The van der Waals surface area contributed by atoms with Gasteiger partial charge in [0.15, 0.2) is 5.78 Å². The van der Waals surface area contributed by atoms with Crippen LogP contribution in [0.4, 0.5) is 0 Å². The summed E-state index contributed by atoms with van der Waals surface area (Å²) in [6, 6.07) is 20.6. The second-order valence-corrected chi connectivity index (χ2v) is 9.62. The monoisotopic (exact) mass is 505 g/mol. The van der Waals surface area contributed by atoms with E-state index in [1.165, 1.54) is 0 Å². The number of nitrogens with zero attached hydrogens (tertiary/aromatic N) is 1. The third kappa shape index (κ3) is 4.33. The molecule has 0 bridgehead atoms. The fraction of sp³-hybridized carbons (Fsp3) is 0.259. The van der Waals surface area contributed by atoms with Gasteiger partial charge in [-0.05, 0) is 48.2 Å². The fourth-order valence-electron chi connectivity index (χ4n) is 4.62. The zero-order valence-electron chi connectivity index (χ0n) is 18.1. The number of aliphatic hydroxyl groups is 1. The van der Waals surface area contributed by atoms with E-state index in [2.05, 4.69) is 15.9 Å². The maximum atomic E-state index is 13.1. The average Bonchev–Trinajstić information content (AvgIpc) is 2.97. The molecule has 0 aliphatic carbocycles. The zero-order chi connectivity index (χ0) is 23.0. The molecule has 3 aromatic carbocycles. The number of halogens is 1. The Labute approximate surface area is 201 Å². The summed E-state index contributed by atoms with van der Waals surface area (Å²) in [5.41, 5.74) is 2.74. The molecule has 5 rings (SSSR count). The molecule has 6 heteroatoms. The fourth-order valence-corrected chi connectivity index (χ4v) is 4.88. The van der Waals surface area contributed by atoms with Crippen molar-refractivity contribution in [2.24, 2.45) is 0 Å². The Kier molecular flexibility index (Phi) is 5.81. The molecule has 33 heavy (non-hydrogen) atoms. The van der Waals surface area contributed by atoms with Crippen LogP contribution >= 0.6 is 15.9 Å². The van der Waals surface area contributed by atoms with E-state index in [0.717, 1.165) is 21.2 Å². The van der Waals surface area contributed by atoms with Crippen molar-refractivity contribution in [3.63, 3.8) is 0 Å². The summed E-state index contributed by atoms with van der Waals surface area (Å²) < 4.78 is 6.82. The van der Waals surface area contributed by atoms with Gasteiger partial charge >= 0.3 is 0 Å². The zero-order valence-corrected chi connectivity index (χ0v) is 19.7. The smallest absolute Gasteiger partial charge is 0.226 e. The van der Waals surface area contributed by atoms with Crippen molar-refractivity contribution < 1.29 is 19.4 Å². The molecule has 3 aromatic rings. The van der Waals surface area contributed by atoms with E-state index in [1.54, 1.807) is 17.0 Å². The first-order valence-electron chi connectivity index (χ1n) is 11.1. The molecule has 168 valence electrons. The maximum Gasteiger partial charge on any atom is 0.226 e. The number of fused-ring (bicyclic) bond motifs is 2. The Bertz CT molecular complexity index is 1210. The van der Waals surface area contributed by atoms with Gasteiger partial charge in [0, 0.05) is 28.7 Å². The highest BCUT2D eigenvalue weighted by Gasteiger charge is 2.35. The van der Waals surface area contributed by atoms with Gasteiger partial charge in [-0.1, -0.05) is 58.4 Å². The minimum absolute atomic E-state index is 0.00445. The van der Waals surface area contributed by atoms with E-state index in [9.17, 15) is 14.7 Å². The van der Waals surface area contributed by atoms with Gasteiger partial charge in [0.2, 0.25) is 5.91 Å². The van der Waals surface area contributed by atoms with Gasteiger partial charge in [-0.3, -0.25) is 9.59 Å². The number of hydrogen-bond acceptors (Lipinski definition) is 4. The van der Waals surface area contributed by atoms with Gasteiger partial charge in [0.05, 0.1) is 17.6 Å². The van der Waals surface area contributed by atoms with Crippen LogP contribution in [-0.4, -0.2) is 34.8 Å². The van der Waals surface area contributed by atoms with Crippen molar-refractivity contribution in [2.75, 3.05) is 13.1 Å². The lowest BCUT2D eigenvalue weighted by Crippen LogP contribution is -2.45. The first kappa shape index (κ1) is 21.9. The highest BCUT2D eigenvalue weighted by Crippen LogP contribution is 2.34. The quantitative estimate of drug-likeness (QED) is 0.563. The van der Waals surface area contributed by atoms with E-state index in [4.69, 9.17) is 4.74 Å². The van der Waals surface area contributed by atoms with Crippen molar-refractivity contribution in [3.05, 3.63) is 99.0 Å². The van der Waals surface area contributed by atoms with Crippen LogP contribution in [0.2, 0.25) is 0 Å². The van der Waals surface area contributed by atoms with Gasteiger partial charge < -0.3 is 14.7 Å². The second kappa shape index (κ2) is 8.76. The van der Waals surface area contributed by atoms with E-state index in [0.29, 0.717) is 49.4 Å². The summed E-state index contributed by atoms with van der Waals surface area (Å²) in [6.45, 7) is 1.33. The number of ketones is 1. The molecule has 1 saturated heterocycles. The van der Waals surface area contributed by atoms with Crippen LogP contribution in [0.5, 0.6) is 5.75 Å². The maximum absolute atomic E-state index is 13.1. The molecule has 0 aromatic heterocycles. The van der Waals surface area contributed by atoms with E-state index in [-0.39, 0.29) is 18.1 Å². The molecular formula is C27H24BrNO4. The molecular weight excluding hydrogens is 482 g/mol. The molecule has 2 heterocycles. The summed E-state index contributed by atoms with van der Waals surface area (Å²) in [5, 5.41) is 11.1. The molecule has 2 aliphatic heterocycles. The van der Waals surface area contributed by atoms with E-state index in [1.807, 2.05) is 54.6 Å².